The van der Waals surface area contributed by atoms with E-state index < -0.39 is 0 Å². The van der Waals surface area contributed by atoms with E-state index in [9.17, 15) is 9.59 Å². The van der Waals surface area contributed by atoms with Gasteiger partial charge in [-0.15, -0.1) is 0 Å². The van der Waals surface area contributed by atoms with Crippen LogP contribution in [-0.2, 0) is 22.5 Å². The molecule has 2 aromatic carbocycles. The molecule has 0 aromatic heterocycles. The number of ether oxygens (including phenoxy) is 4. The van der Waals surface area contributed by atoms with Crippen LogP contribution in [0.2, 0.25) is 0 Å². The van der Waals surface area contributed by atoms with E-state index in [0.29, 0.717) is 46.8 Å². The fourth-order valence-corrected chi connectivity index (χ4v) is 4.62. The number of halogens is 1. The molecule has 2 heterocycles. The fourth-order valence-electron chi connectivity index (χ4n) is 4.62. The normalized spacial score (nSPS) is 18.6. The standard InChI is InChI=1S/C27H30NO6.BrH/c1-18(14-19-8-6-5-7-9-19)10-11-22(29)24-20-12-13-28(2,16-23(30)31-3)15-21(20)25(32-4)27-26(24)33-17-34-27;/h5-11,14H,12-13,15-17H2,1-4H3;1H/q+1;/p-1. The minimum Gasteiger partial charge on any atom is -1.00 e. The molecule has 2 aliphatic heterocycles. The highest BCUT2D eigenvalue weighted by molar-refractivity contribution is 6.09. The van der Waals surface area contributed by atoms with Gasteiger partial charge in [0.25, 0.3) is 0 Å². The van der Waals surface area contributed by atoms with Gasteiger partial charge in [0.05, 0.1) is 38.9 Å². The summed E-state index contributed by atoms with van der Waals surface area (Å²) in [5, 5.41) is 0. The van der Waals surface area contributed by atoms with Crippen LogP contribution < -0.4 is 31.2 Å². The number of hydrogen-bond acceptors (Lipinski definition) is 6. The predicted molar refractivity (Wildman–Crippen MR) is 128 cm³/mol. The van der Waals surface area contributed by atoms with E-state index in [2.05, 4.69) is 0 Å². The largest absolute Gasteiger partial charge is 1.00 e. The molecule has 0 amide bonds. The molecule has 0 N–H and O–H groups in total. The molecule has 4 rings (SSSR count). The van der Waals surface area contributed by atoms with Crippen molar-refractivity contribution in [3.63, 3.8) is 0 Å². The second kappa shape index (κ2) is 11.1. The minimum atomic E-state index is -0.273. The Kier molecular flexibility index (Phi) is 8.40. The summed E-state index contributed by atoms with van der Waals surface area (Å²) in [6.07, 6.45) is 6.01. The lowest BCUT2D eigenvalue weighted by Gasteiger charge is -2.38. The van der Waals surface area contributed by atoms with Gasteiger partial charge < -0.3 is 40.4 Å². The molecular weight excluding hydrogens is 514 g/mol. The lowest BCUT2D eigenvalue weighted by atomic mass is 9.88. The molecular formula is C27H30BrNO6. The Morgan fingerprint density at radius 1 is 1.06 bits per heavy atom. The van der Waals surface area contributed by atoms with Crippen LogP contribution in [0.4, 0.5) is 0 Å². The van der Waals surface area contributed by atoms with Gasteiger partial charge in [0, 0.05) is 6.42 Å². The van der Waals surface area contributed by atoms with Crippen molar-refractivity contribution < 1.29 is 50.0 Å². The summed E-state index contributed by atoms with van der Waals surface area (Å²) in [7, 11) is 4.97. The van der Waals surface area contributed by atoms with Crippen molar-refractivity contribution in [1.29, 1.82) is 0 Å². The van der Waals surface area contributed by atoms with E-state index in [1.54, 1.807) is 13.2 Å². The third-order valence-corrected chi connectivity index (χ3v) is 6.31. The molecule has 8 heteroatoms. The Labute approximate surface area is 216 Å². The Bertz CT molecular complexity index is 1170. The third-order valence-electron chi connectivity index (χ3n) is 6.31. The van der Waals surface area contributed by atoms with Crippen LogP contribution in [0.15, 0.2) is 48.1 Å². The van der Waals surface area contributed by atoms with Crippen molar-refractivity contribution in [3.05, 3.63) is 70.3 Å². The molecule has 2 aromatic rings. The zero-order valence-electron chi connectivity index (χ0n) is 20.4. The second-order valence-electron chi connectivity index (χ2n) is 8.91. The van der Waals surface area contributed by atoms with Gasteiger partial charge in [0.1, 0.15) is 6.54 Å². The highest BCUT2D eigenvalue weighted by Crippen LogP contribution is 2.50. The smallest absolute Gasteiger partial charge is 0.361 e. The zero-order valence-corrected chi connectivity index (χ0v) is 22.0. The van der Waals surface area contributed by atoms with Gasteiger partial charge in [-0.2, -0.15) is 0 Å². The van der Waals surface area contributed by atoms with Gasteiger partial charge in [0.2, 0.25) is 12.5 Å². The van der Waals surface area contributed by atoms with Gasteiger partial charge in [-0.25, -0.2) is 4.79 Å². The monoisotopic (exact) mass is 543 g/mol. The Balaban J connectivity index is 0.00000342. The number of esters is 1. The molecule has 7 nitrogen and oxygen atoms in total. The van der Waals surface area contributed by atoms with Gasteiger partial charge in [-0.1, -0.05) is 48.1 Å². The molecule has 35 heavy (non-hydrogen) atoms. The van der Waals surface area contributed by atoms with Crippen LogP contribution in [0.1, 0.15) is 34.0 Å². The van der Waals surface area contributed by atoms with Crippen molar-refractivity contribution in [3.8, 4) is 17.2 Å². The highest BCUT2D eigenvalue weighted by atomic mass is 79.9. The van der Waals surface area contributed by atoms with E-state index >= 15 is 0 Å². The van der Waals surface area contributed by atoms with Crippen LogP contribution in [0.25, 0.3) is 6.08 Å². The van der Waals surface area contributed by atoms with E-state index in [0.717, 1.165) is 22.3 Å². The fraction of sp³-hybridized carbons (Fsp3) is 0.333. The van der Waals surface area contributed by atoms with Crippen LogP contribution in [0, 0.1) is 0 Å². The number of fused-ring (bicyclic) bond motifs is 2. The number of nitrogens with zero attached hydrogens (tertiary/aromatic N) is 1. The summed E-state index contributed by atoms with van der Waals surface area (Å²) >= 11 is 0. The average Bonchev–Trinajstić information content (AvgIpc) is 3.30. The summed E-state index contributed by atoms with van der Waals surface area (Å²) in [5.41, 5.74) is 4.30. The lowest BCUT2D eigenvalue weighted by Crippen LogP contribution is -3.00. The molecule has 0 bridgehead atoms. The summed E-state index contributed by atoms with van der Waals surface area (Å²) in [6.45, 7) is 3.42. The zero-order chi connectivity index (χ0) is 24.3. The number of quaternary nitrogens is 1. The first-order chi connectivity index (χ1) is 16.3. The van der Waals surface area contributed by atoms with E-state index in [4.69, 9.17) is 18.9 Å². The number of carbonyl (C=O) groups is 2. The average molecular weight is 544 g/mol. The number of benzene rings is 2. The molecule has 0 radical (unpaired) electrons. The molecule has 1 atom stereocenters. The van der Waals surface area contributed by atoms with Crippen molar-refractivity contribution in [2.24, 2.45) is 0 Å². The van der Waals surface area contributed by atoms with Gasteiger partial charge >= 0.3 is 5.97 Å². The maximum atomic E-state index is 13.4. The van der Waals surface area contributed by atoms with Crippen LogP contribution >= 0.6 is 0 Å². The maximum Gasteiger partial charge on any atom is 0.361 e. The predicted octanol–water partition coefficient (Wildman–Crippen LogP) is 0.946. The Morgan fingerprint density at radius 3 is 2.46 bits per heavy atom. The molecule has 0 saturated heterocycles. The van der Waals surface area contributed by atoms with Crippen molar-refractivity contribution >= 4 is 17.8 Å². The quantitative estimate of drug-likeness (QED) is 0.170. The van der Waals surface area contributed by atoms with E-state index in [1.807, 2.05) is 56.5 Å². The number of likely N-dealkylation sites (N-methyl/N-ethyl adjacent to an activating group) is 1. The molecule has 0 spiro atoms. The number of carbonyl (C=O) groups excluding carboxylic acids is 2. The maximum absolute atomic E-state index is 13.4. The van der Waals surface area contributed by atoms with Gasteiger partial charge in [0.15, 0.2) is 23.8 Å². The number of allylic oxidation sites excluding steroid dienone is 3. The topological polar surface area (TPSA) is 71.1 Å². The first-order valence-electron chi connectivity index (χ1n) is 11.2. The third kappa shape index (κ3) is 5.60. The first-order valence-corrected chi connectivity index (χ1v) is 11.2. The molecule has 0 fully saturated rings. The molecule has 0 saturated carbocycles. The highest BCUT2D eigenvalue weighted by Gasteiger charge is 2.40. The lowest BCUT2D eigenvalue weighted by molar-refractivity contribution is -0.917. The summed E-state index contributed by atoms with van der Waals surface area (Å²) in [6, 6.07) is 9.95. The number of methoxy groups -OCH3 is 2. The summed E-state index contributed by atoms with van der Waals surface area (Å²) in [5.74, 6) is 1.02. The van der Waals surface area contributed by atoms with Crippen molar-refractivity contribution in [2.45, 2.75) is 19.9 Å². The van der Waals surface area contributed by atoms with Crippen LogP contribution in [0.5, 0.6) is 17.2 Å². The van der Waals surface area contributed by atoms with Crippen molar-refractivity contribution in [1.82, 2.24) is 0 Å². The first kappa shape index (κ1) is 26.5. The summed E-state index contributed by atoms with van der Waals surface area (Å²) < 4.78 is 22.5. The second-order valence-corrected chi connectivity index (χ2v) is 8.91. The number of rotatable bonds is 7. The van der Waals surface area contributed by atoms with Crippen LogP contribution in [-0.4, -0.2) is 57.4 Å². The SMILES string of the molecule is COC(=O)C[N+]1(C)CCc2c(c(OC)c3c(c2C(=O)C=CC(C)=Cc2ccccc2)OCO3)C1.[Br-]. The molecule has 1 unspecified atom stereocenters. The number of hydrogen-bond donors (Lipinski definition) is 0. The van der Waals surface area contributed by atoms with Gasteiger partial charge in [-0.3, -0.25) is 4.79 Å². The van der Waals surface area contributed by atoms with Crippen LogP contribution in [0.3, 0.4) is 0 Å². The van der Waals surface area contributed by atoms with Gasteiger partial charge in [-0.05, 0) is 24.1 Å². The molecule has 0 aliphatic carbocycles. The van der Waals surface area contributed by atoms with Crippen molar-refractivity contribution in [2.75, 3.05) is 41.1 Å². The van der Waals surface area contributed by atoms with E-state index in [-0.39, 0.29) is 42.1 Å². The molecule has 2 aliphatic rings. The minimum absolute atomic E-state index is 0. The van der Waals surface area contributed by atoms with E-state index in [1.165, 1.54) is 7.11 Å². The summed E-state index contributed by atoms with van der Waals surface area (Å²) in [4.78, 5) is 25.5. The number of ketones is 1. The Hall–Kier alpha value is -3.10. The Morgan fingerprint density at radius 2 is 1.77 bits per heavy atom. The molecule has 186 valence electrons.